The van der Waals surface area contributed by atoms with Gasteiger partial charge in [-0.05, 0) is 48.6 Å². The van der Waals surface area contributed by atoms with Gasteiger partial charge in [0, 0.05) is 17.7 Å². The molecule has 0 saturated heterocycles. The van der Waals surface area contributed by atoms with E-state index in [1.807, 2.05) is 41.3 Å². The Hall–Kier alpha value is -3.28. The lowest BCUT2D eigenvalue weighted by molar-refractivity contribution is 0.0743. The zero-order chi connectivity index (χ0) is 22.0. The predicted molar refractivity (Wildman–Crippen MR) is 120 cm³/mol. The summed E-state index contributed by atoms with van der Waals surface area (Å²) in [6.07, 6.45) is 1.83. The van der Waals surface area contributed by atoms with Gasteiger partial charge in [-0.1, -0.05) is 45.0 Å². The Labute approximate surface area is 182 Å². The highest BCUT2D eigenvalue weighted by atomic mass is 16.5. The van der Waals surface area contributed by atoms with Gasteiger partial charge in [-0.15, -0.1) is 0 Å². The maximum absolute atomic E-state index is 13.2. The van der Waals surface area contributed by atoms with Gasteiger partial charge in [0.25, 0.3) is 5.91 Å². The van der Waals surface area contributed by atoms with Crippen molar-refractivity contribution >= 4 is 5.91 Å². The van der Waals surface area contributed by atoms with Crippen molar-refractivity contribution in [1.29, 1.82) is 0 Å². The summed E-state index contributed by atoms with van der Waals surface area (Å²) in [7, 11) is 0. The van der Waals surface area contributed by atoms with Crippen LogP contribution < -0.4 is 4.74 Å². The third-order valence-corrected chi connectivity index (χ3v) is 5.63. The summed E-state index contributed by atoms with van der Waals surface area (Å²) in [6, 6.07) is 14.7. The molecule has 0 radical (unpaired) electrons. The van der Waals surface area contributed by atoms with Crippen molar-refractivity contribution in [1.82, 2.24) is 15.1 Å². The number of aromatic amines is 1. The van der Waals surface area contributed by atoms with Crippen molar-refractivity contribution in [2.75, 3.05) is 13.2 Å². The molecular formula is C25H29N3O3. The van der Waals surface area contributed by atoms with E-state index >= 15 is 0 Å². The number of H-pyrrole nitrogens is 1. The van der Waals surface area contributed by atoms with Crippen LogP contribution in [-0.4, -0.2) is 39.3 Å². The largest absolute Gasteiger partial charge is 0.507 e. The second kappa shape index (κ2) is 8.84. The fourth-order valence-electron chi connectivity index (χ4n) is 4.08. The van der Waals surface area contributed by atoms with E-state index in [0.717, 1.165) is 29.7 Å². The maximum Gasteiger partial charge on any atom is 0.273 e. The number of fused-ring (bicyclic) bond motifs is 1. The van der Waals surface area contributed by atoms with Gasteiger partial charge >= 0.3 is 0 Å². The number of phenolic OH excluding ortho intramolecular Hbond substituents is 1. The average Bonchev–Trinajstić information content (AvgIpc) is 3.28. The first-order valence-corrected chi connectivity index (χ1v) is 10.9. The van der Waals surface area contributed by atoms with Gasteiger partial charge in [0.1, 0.15) is 22.9 Å². The van der Waals surface area contributed by atoms with Crippen LogP contribution in [0.4, 0.5) is 0 Å². The first-order valence-electron chi connectivity index (χ1n) is 10.9. The lowest BCUT2D eigenvalue weighted by atomic mass is 9.95. The summed E-state index contributed by atoms with van der Waals surface area (Å²) in [4.78, 5) is 15.1. The minimum Gasteiger partial charge on any atom is -0.507 e. The van der Waals surface area contributed by atoms with Gasteiger partial charge in [0.2, 0.25) is 0 Å². The molecule has 2 aromatic carbocycles. The molecule has 2 N–H and O–H groups in total. The van der Waals surface area contributed by atoms with Crippen molar-refractivity contribution in [3.63, 3.8) is 0 Å². The summed E-state index contributed by atoms with van der Waals surface area (Å²) >= 11 is 0. The number of rotatable bonds is 8. The number of phenols is 1. The predicted octanol–water partition coefficient (Wildman–Crippen LogP) is 5.16. The number of carbonyl (C=O) groups is 1. The molecule has 1 atom stereocenters. The van der Waals surface area contributed by atoms with Crippen LogP contribution in [0.5, 0.6) is 11.5 Å². The minimum absolute atomic E-state index is 0.0675. The van der Waals surface area contributed by atoms with Gasteiger partial charge in [-0.3, -0.25) is 9.89 Å². The molecule has 0 aliphatic carbocycles. The number of hydrogen-bond acceptors (Lipinski definition) is 4. The highest BCUT2D eigenvalue weighted by molar-refractivity contribution is 6.00. The number of benzene rings is 2. The quantitative estimate of drug-likeness (QED) is 0.528. The van der Waals surface area contributed by atoms with Crippen molar-refractivity contribution in [2.24, 2.45) is 5.92 Å². The smallest absolute Gasteiger partial charge is 0.273 e. The van der Waals surface area contributed by atoms with Crippen molar-refractivity contribution < 1.29 is 14.6 Å². The Morgan fingerprint density at radius 3 is 2.74 bits per heavy atom. The number of hydrogen-bond donors (Lipinski definition) is 2. The Morgan fingerprint density at radius 2 is 2.00 bits per heavy atom. The van der Waals surface area contributed by atoms with E-state index < -0.39 is 0 Å². The second-order valence-electron chi connectivity index (χ2n) is 8.38. The minimum atomic E-state index is -0.288. The second-order valence-corrected chi connectivity index (χ2v) is 8.38. The maximum atomic E-state index is 13.2. The molecule has 0 fully saturated rings. The van der Waals surface area contributed by atoms with E-state index in [4.69, 9.17) is 4.74 Å². The number of aromatic nitrogens is 2. The van der Waals surface area contributed by atoms with Gasteiger partial charge < -0.3 is 14.7 Å². The molecule has 3 aromatic rings. The molecule has 31 heavy (non-hydrogen) atoms. The van der Waals surface area contributed by atoms with Crippen molar-refractivity contribution in [3.8, 4) is 22.8 Å². The molecule has 0 spiro atoms. The Balaban J connectivity index is 1.76. The van der Waals surface area contributed by atoms with Gasteiger partial charge in [0.05, 0.1) is 12.6 Å². The van der Waals surface area contributed by atoms with Crippen LogP contribution in [0.1, 0.15) is 61.3 Å². The molecular weight excluding hydrogens is 390 g/mol. The number of nitrogens with zero attached hydrogens (tertiary/aromatic N) is 2. The SMILES string of the molecule is CCCN1C(=O)c2[nH]nc(-c3ccccc3O)c2[C@@H]1c1cccc(OCCC(C)C)c1. The van der Waals surface area contributed by atoms with Crippen molar-refractivity contribution in [3.05, 3.63) is 65.4 Å². The summed E-state index contributed by atoms with van der Waals surface area (Å²) in [5, 5.41) is 17.8. The fourth-order valence-corrected chi connectivity index (χ4v) is 4.08. The van der Waals surface area contributed by atoms with Crippen LogP contribution in [-0.2, 0) is 0 Å². The molecule has 1 aliphatic heterocycles. The molecule has 0 unspecified atom stereocenters. The number of para-hydroxylation sites is 1. The van der Waals surface area contributed by atoms with Crippen LogP contribution in [0.3, 0.4) is 0 Å². The zero-order valence-corrected chi connectivity index (χ0v) is 18.3. The lowest BCUT2D eigenvalue weighted by Crippen LogP contribution is -2.30. The highest BCUT2D eigenvalue weighted by Gasteiger charge is 2.42. The van der Waals surface area contributed by atoms with Crippen LogP contribution in [0, 0.1) is 5.92 Å². The fraction of sp³-hybridized carbons (Fsp3) is 0.360. The summed E-state index contributed by atoms with van der Waals surface area (Å²) in [6.45, 7) is 7.69. The monoisotopic (exact) mass is 419 g/mol. The number of aromatic hydroxyl groups is 1. The molecule has 1 aliphatic rings. The van der Waals surface area contributed by atoms with E-state index in [9.17, 15) is 9.90 Å². The van der Waals surface area contributed by atoms with Gasteiger partial charge in [-0.25, -0.2) is 0 Å². The first kappa shape index (κ1) is 21.0. The standard InChI is InChI=1S/C25H29N3O3/c1-4-13-28-24(17-8-7-9-18(15-17)31-14-12-16(2)3)21-22(26-27-23(21)25(28)30)19-10-5-6-11-20(19)29/h5-11,15-16,24,29H,4,12-14H2,1-3H3,(H,26,27)/t24-/m0/s1. The molecule has 0 bridgehead atoms. The first-order chi connectivity index (χ1) is 15.0. The molecule has 0 saturated carbocycles. The Bertz CT molecular complexity index is 1070. The average molecular weight is 420 g/mol. The molecule has 6 nitrogen and oxygen atoms in total. The van der Waals surface area contributed by atoms with Crippen LogP contribution in [0.15, 0.2) is 48.5 Å². The molecule has 4 rings (SSSR count). The van der Waals surface area contributed by atoms with E-state index in [0.29, 0.717) is 36.0 Å². The summed E-state index contributed by atoms with van der Waals surface area (Å²) in [5.41, 5.74) is 3.49. The normalized spacial score (nSPS) is 15.5. The Kier molecular flexibility index (Phi) is 5.98. The van der Waals surface area contributed by atoms with Gasteiger partial charge in [-0.2, -0.15) is 5.10 Å². The summed E-state index contributed by atoms with van der Waals surface area (Å²) in [5.74, 6) is 1.44. The van der Waals surface area contributed by atoms with E-state index in [-0.39, 0.29) is 17.7 Å². The summed E-state index contributed by atoms with van der Waals surface area (Å²) < 4.78 is 5.98. The lowest BCUT2D eigenvalue weighted by Gasteiger charge is -2.26. The third kappa shape index (κ3) is 4.02. The van der Waals surface area contributed by atoms with E-state index in [1.54, 1.807) is 12.1 Å². The Morgan fingerprint density at radius 1 is 1.19 bits per heavy atom. The number of nitrogens with one attached hydrogen (secondary N) is 1. The topological polar surface area (TPSA) is 78.5 Å². The van der Waals surface area contributed by atoms with Crippen LogP contribution >= 0.6 is 0 Å². The van der Waals surface area contributed by atoms with E-state index in [2.05, 4.69) is 31.0 Å². The number of amides is 1. The number of ether oxygens (including phenoxy) is 1. The molecule has 1 aromatic heterocycles. The van der Waals surface area contributed by atoms with Gasteiger partial charge in [0.15, 0.2) is 0 Å². The van der Waals surface area contributed by atoms with Crippen LogP contribution in [0.2, 0.25) is 0 Å². The van der Waals surface area contributed by atoms with E-state index in [1.165, 1.54) is 0 Å². The van der Waals surface area contributed by atoms with Crippen molar-refractivity contribution in [2.45, 2.75) is 39.7 Å². The molecule has 1 amide bonds. The van der Waals surface area contributed by atoms with Crippen LogP contribution in [0.25, 0.3) is 11.3 Å². The highest BCUT2D eigenvalue weighted by Crippen LogP contribution is 2.44. The molecule has 6 heteroatoms. The molecule has 2 heterocycles. The number of carbonyl (C=O) groups excluding carboxylic acids is 1. The third-order valence-electron chi connectivity index (χ3n) is 5.63. The zero-order valence-electron chi connectivity index (χ0n) is 18.3. The molecule has 162 valence electrons.